The maximum Gasteiger partial charge on any atom is 0.0830 e. The fourth-order valence-corrected chi connectivity index (χ4v) is 2.67. The molecular formula is C13H23NO. The summed E-state index contributed by atoms with van der Waals surface area (Å²) in [7, 11) is 0. The SMILES string of the molecule is CCC(C)(C#N)C(C)(O)C1CCCCC1. The molecule has 15 heavy (non-hydrogen) atoms. The third-order valence-corrected chi connectivity index (χ3v) is 4.47. The summed E-state index contributed by atoms with van der Waals surface area (Å²) in [5, 5.41) is 19.9. The van der Waals surface area contributed by atoms with Crippen molar-refractivity contribution in [2.24, 2.45) is 11.3 Å². The summed E-state index contributed by atoms with van der Waals surface area (Å²) in [6.07, 6.45) is 6.54. The minimum Gasteiger partial charge on any atom is -0.388 e. The first-order valence-electron chi connectivity index (χ1n) is 6.11. The highest BCUT2D eigenvalue weighted by Crippen LogP contribution is 2.44. The quantitative estimate of drug-likeness (QED) is 0.775. The van der Waals surface area contributed by atoms with Crippen molar-refractivity contribution >= 4 is 0 Å². The summed E-state index contributed by atoms with van der Waals surface area (Å²) in [5.74, 6) is 0.302. The largest absolute Gasteiger partial charge is 0.388 e. The van der Waals surface area contributed by atoms with E-state index in [9.17, 15) is 10.4 Å². The number of hydrogen-bond donors (Lipinski definition) is 1. The van der Waals surface area contributed by atoms with Crippen LogP contribution in [-0.4, -0.2) is 10.7 Å². The van der Waals surface area contributed by atoms with Gasteiger partial charge in [0.2, 0.25) is 0 Å². The Kier molecular flexibility index (Phi) is 3.78. The fourth-order valence-electron chi connectivity index (χ4n) is 2.67. The van der Waals surface area contributed by atoms with Crippen molar-refractivity contribution < 1.29 is 5.11 Å². The Labute approximate surface area is 93.3 Å². The van der Waals surface area contributed by atoms with E-state index in [1.165, 1.54) is 19.3 Å². The maximum atomic E-state index is 10.6. The highest BCUT2D eigenvalue weighted by Gasteiger charge is 2.47. The zero-order valence-electron chi connectivity index (χ0n) is 10.2. The molecule has 86 valence electrons. The van der Waals surface area contributed by atoms with Gasteiger partial charge in [-0.3, -0.25) is 0 Å². The van der Waals surface area contributed by atoms with E-state index in [1.807, 2.05) is 20.8 Å². The van der Waals surface area contributed by atoms with E-state index < -0.39 is 11.0 Å². The average molecular weight is 209 g/mol. The molecule has 1 N–H and O–H groups in total. The van der Waals surface area contributed by atoms with Gasteiger partial charge in [-0.1, -0.05) is 26.2 Å². The molecule has 2 heteroatoms. The highest BCUT2D eigenvalue weighted by atomic mass is 16.3. The van der Waals surface area contributed by atoms with Crippen molar-refractivity contribution in [3.8, 4) is 6.07 Å². The van der Waals surface area contributed by atoms with Crippen LogP contribution >= 0.6 is 0 Å². The predicted octanol–water partition coefficient (Wildman–Crippen LogP) is 3.26. The number of nitriles is 1. The van der Waals surface area contributed by atoms with Crippen LogP contribution in [0, 0.1) is 22.7 Å². The Hall–Kier alpha value is -0.550. The topological polar surface area (TPSA) is 44.0 Å². The van der Waals surface area contributed by atoms with Crippen LogP contribution in [0.5, 0.6) is 0 Å². The van der Waals surface area contributed by atoms with Gasteiger partial charge in [0.1, 0.15) is 0 Å². The Bertz CT molecular complexity index is 248. The monoisotopic (exact) mass is 209 g/mol. The van der Waals surface area contributed by atoms with Crippen LogP contribution in [0.3, 0.4) is 0 Å². The van der Waals surface area contributed by atoms with Crippen LogP contribution in [0.25, 0.3) is 0 Å². The minimum atomic E-state index is -0.836. The molecule has 1 fully saturated rings. The molecule has 0 heterocycles. The third kappa shape index (κ3) is 2.18. The zero-order chi connectivity index (χ0) is 11.5. The lowest BCUT2D eigenvalue weighted by molar-refractivity contribution is -0.0914. The summed E-state index contributed by atoms with van der Waals surface area (Å²) >= 11 is 0. The molecule has 0 aromatic rings. The van der Waals surface area contributed by atoms with Gasteiger partial charge >= 0.3 is 0 Å². The van der Waals surface area contributed by atoms with Crippen molar-refractivity contribution in [1.82, 2.24) is 0 Å². The van der Waals surface area contributed by atoms with Gasteiger partial charge in [0, 0.05) is 0 Å². The first kappa shape index (κ1) is 12.5. The van der Waals surface area contributed by atoms with E-state index in [-0.39, 0.29) is 0 Å². The minimum absolute atomic E-state index is 0.302. The standard InChI is InChI=1S/C13H23NO/c1-4-12(2,10-14)13(3,15)11-8-6-5-7-9-11/h11,15H,4-9H2,1-3H3. The number of nitrogens with zero attached hydrogens (tertiary/aromatic N) is 1. The molecule has 1 aliphatic carbocycles. The molecule has 0 aromatic heterocycles. The second-order valence-corrected chi connectivity index (χ2v) is 5.28. The number of rotatable bonds is 3. The summed E-state index contributed by atoms with van der Waals surface area (Å²) in [4.78, 5) is 0. The lowest BCUT2D eigenvalue weighted by Gasteiger charge is -2.44. The molecule has 0 aromatic carbocycles. The van der Waals surface area contributed by atoms with Crippen molar-refractivity contribution in [3.63, 3.8) is 0 Å². The molecule has 0 bridgehead atoms. The fraction of sp³-hybridized carbons (Fsp3) is 0.923. The zero-order valence-corrected chi connectivity index (χ0v) is 10.2. The normalized spacial score (nSPS) is 26.3. The van der Waals surface area contributed by atoms with E-state index in [4.69, 9.17) is 0 Å². The first-order valence-corrected chi connectivity index (χ1v) is 6.11. The van der Waals surface area contributed by atoms with Gasteiger partial charge in [0.15, 0.2) is 0 Å². The molecular weight excluding hydrogens is 186 g/mol. The smallest absolute Gasteiger partial charge is 0.0830 e. The maximum absolute atomic E-state index is 10.6. The molecule has 0 radical (unpaired) electrons. The predicted molar refractivity (Wildman–Crippen MR) is 61.2 cm³/mol. The van der Waals surface area contributed by atoms with Crippen LogP contribution in [-0.2, 0) is 0 Å². The molecule has 1 aliphatic rings. The molecule has 0 amide bonds. The molecule has 1 rings (SSSR count). The van der Waals surface area contributed by atoms with Gasteiger partial charge in [-0.25, -0.2) is 0 Å². The lowest BCUT2D eigenvalue weighted by Crippen LogP contribution is -2.49. The summed E-state index contributed by atoms with van der Waals surface area (Å²) in [6, 6.07) is 2.32. The first-order chi connectivity index (χ1) is 6.98. The van der Waals surface area contributed by atoms with Gasteiger partial charge in [-0.2, -0.15) is 5.26 Å². The van der Waals surface area contributed by atoms with Crippen molar-refractivity contribution in [2.75, 3.05) is 0 Å². The number of aliphatic hydroxyl groups is 1. The van der Waals surface area contributed by atoms with E-state index in [0.717, 1.165) is 12.8 Å². The Morgan fingerprint density at radius 3 is 2.20 bits per heavy atom. The van der Waals surface area contributed by atoms with Crippen LogP contribution in [0.2, 0.25) is 0 Å². The summed E-state index contributed by atoms with van der Waals surface area (Å²) < 4.78 is 0. The van der Waals surface area contributed by atoms with Gasteiger partial charge in [-0.05, 0) is 39.0 Å². The second kappa shape index (κ2) is 4.53. The van der Waals surface area contributed by atoms with Gasteiger partial charge in [0.25, 0.3) is 0 Å². The van der Waals surface area contributed by atoms with Crippen LogP contribution in [0.4, 0.5) is 0 Å². The average Bonchev–Trinajstić information content (AvgIpc) is 2.29. The van der Waals surface area contributed by atoms with Crippen LogP contribution in [0.15, 0.2) is 0 Å². The Balaban J connectivity index is 2.84. The molecule has 0 saturated heterocycles. The van der Waals surface area contributed by atoms with E-state index in [0.29, 0.717) is 12.3 Å². The second-order valence-electron chi connectivity index (χ2n) is 5.28. The van der Waals surface area contributed by atoms with E-state index in [1.54, 1.807) is 0 Å². The van der Waals surface area contributed by atoms with Crippen LogP contribution in [0.1, 0.15) is 59.3 Å². The van der Waals surface area contributed by atoms with Crippen molar-refractivity contribution in [3.05, 3.63) is 0 Å². The van der Waals surface area contributed by atoms with Gasteiger partial charge in [-0.15, -0.1) is 0 Å². The van der Waals surface area contributed by atoms with E-state index >= 15 is 0 Å². The van der Waals surface area contributed by atoms with Crippen LogP contribution < -0.4 is 0 Å². The number of hydrogen-bond acceptors (Lipinski definition) is 2. The Morgan fingerprint density at radius 1 is 1.27 bits per heavy atom. The molecule has 0 aliphatic heterocycles. The lowest BCUT2D eigenvalue weighted by atomic mass is 9.63. The molecule has 2 atom stereocenters. The Morgan fingerprint density at radius 2 is 1.80 bits per heavy atom. The van der Waals surface area contributed by atoms with Crippen molar-refractivity contribution in [2.45, 2.75) is 64.9 Å². The molecule has 2 nitrogen and oxygen atoms in total. The molecule has 0 spiro atoms. The van der Waals surface area contributed by atoms with Gasteiger partial charge in [0.05, 0.1) is 17.1 Å². The van der Waals surface area contributed by atoms with E-state index in [2.05, 4.69) is 6.07 Å². The molecule has 1 saturated carbocycles. The summed E-state index contributed by atoms with van der Waals surface area (Å²) in [6.45, 7) is 5.73. The van der Waals surface area contributed by atoms with Gasteiger partial charge < -0.3 is 5.11 Å². The third-order valence-electron chi connectivity index (χ3n) is 4.47. The van der Waals surface area contributed by atoms with Crippen molar-refractivity contribution in [1.29, 1.82) is 5.26 Å². The summed E-state index contributed by atoms with van der Waals surface area (Å²) in [5.41, 5.74) is -1.44. The highest BCUT2D eigenvalue weighted by molar-refractivity contribution is 5.09. The molecule has 2 unspecified atom stereocenters.